The first-order valence-electron chi connectivity index (χ1n) is 6.67. The van der Waals surface area contributed by atoms with E-state index in [0.29, 0.717) is 4.64 Å². The van der Waals surface area contributed by atoms with Crippen LogP contribution in [0.15, 0.2) is 30.3 Å². The second-order valence-corrected chi connectivity index (χ2v) is 6.59. The molecule has 1 N–H and O–H groups in total. The molecule has 1 aromatic heterocycles. The largest absolute Gasteiger partial charge is 0.378 e. The lowest BCUT2D eigenvalue weighted by atomic mass is 9.95. The Hall–Kier alpha value is -1.68. The first-order valence-corrected chi connectivity index (χ1v) is 7.08. The van der Waals surface area contributed by atoms with Gasteiger partial charge in [0, 0.05) is 30.9 Å². The summed E-state index contributed by atoms with van der Waals surface area (Å²) >= 11 is 5.28. The number of anilines is 1. The zero-order valence-electron chi connectivity index (χ0n) is 12.7. The molecule has 0 saturated heterocycles. The van der Waals surface area contributed by atoms with Gasteiger partial charge in [-0.1, -0.05) is 45.1 Å². The van der Waals surface area contributed by atoms with Crippen LogP contribution in [-0.2, 0) is 5.41 Å². The molecule has 0 unspecified atom stereocenters. The maximum atomic E-state index is 5.28. The molecule has 0 amide bonds. The number of benzene rings is 1. The molecule has 0 spiro atoms. The molecule has 0 aliphatic carbocycles. The van der Waals surface area contributed by atoms with Crippen LogP contribution in [0.5, 0.6) is 0 Å². The van der Waals surface area contributed by atoms with E-state index < -0.39 is 0 Å². The average Bonchev–Trinajstić information content (AvgIpc) is 2.37. The minimum Gasteiger partial charge on any atom is -0.378 e. The highest BCUT2D eigenvalue weighted by Crippen LogP contribution is 2.24. The molecule has 0 atom stereocenters. The van der Waals surface area contributed by atoms with Crippen molar-refractivity contribution < 1.29 is 0 Å². The van der Waals surface area contributed by atoms with E-state index in [1.165, 1.54) is 5.69 Å². The number of nitrogens with zero attached hydrogens (tertiary/aromatic N) is 2. The van der Waals surface area contributed by atoms with Crippen LogP contribution in [0.1, 0.15) is 26.6 Å². The first kappa shape index (κ1) is 14.7. The number of aromatic nitrogens is 2. The molecule has 1 heterocycles. The van der Waals surface area contributed by atoms with E-state index >= 15 is 0 Å². The Morgan fingerprint density at radius 3 is 2.20 bits per heavy atom. The van der Waals surface area contributed by atoms with Gasteiger partial charge in [-0.2, -0.15) is 0 Å². The summed E-state index contributed by atoms with van der Waals surface area (Å²) < 4.78 is 0.625. The van der Waals surface area contributed by atoms with Gasteiger partial charge < -0.3 is 9.88 Å². The van der Waals surface area contributed by atoms with Crippen LogP contribution in [0.3, 0.4) is 0 Å². The van der Waals surface area contributed by atoms with Gasteiger partial charge in [-0.25, -0.2) is 4.98 Å². The summed E-state index contributed by atoms with van der Waals surface area (Å²) in [4.78, 5) is 9.91. The SMILES string of the molecule is CN(C)c1ccc(-c2cc(=S)nc(C(C)(C)C)[nH]2)cc1. The third kappa shape index (κ3) is 3.25. The third-order valence-corrected chi connectivity index (χ3v) is 3.36. The molecule has 0 radical (unpaired) electrons. The van der Waals surface area contributed by atoms with Crippen molar-refractivity contribution in [3.8, 4) is 11.3 Å². The number of nitrogens with one attached hydrogen (secondary N) is 1. The molecule has 0 aliphatic heterocycles. The molecule has 0 fully saturated rings. The predicted octanol–water partition coefficient (Wildman–Crippen LogP) is 4.17. The fourth-order valence-corrected chi connectivity index (χ4v) is 2.12. The smallest absolute Gasteiger partial charge is 0.130 e. The lowest BCUT2D eigenvalue weighted by molar-refractivity contribution is 0.545. The van der Waals surface area contributed by atoms with Crippen LogP contribution in [0.4, 0.5) is 5.69 Å². The second-order valence-electron chi connectivity index (χ2n) is 6.17. The topological polar surface area (TPSA) is 31.9 Å². The van der Waals surface area contributed by atoms with Gasteiger partial charge in [-0.15, -0.1) is 0 Å². The molecular formula is C16H21N3S. The number of aromatic amines is 1. The molecule has 2 rings (SSSR count). The van der Waals surface area contributed by atoms with Crippen LogP contribution in [0.25, 0.3) is 11.3 Å². The first-order chi connectivity index (χ1) is 9.27. The summed E-state index contributed by atoms with van der Waals surface area (Å²) in [7, 11) is 4.07. The Morgan fingerprint density at radius 1 is 1.10 bits per heavy atom. The zero-order chi connectivity index (χ0) is 14.9. The van der Waals surface area contributed by atoms with E-state index in [0.717, 1.165) is 17.1 Å². The lowest BCUT2D eigenvalue weighted by Crippen LogP contribution is -2.16. The zero-order valence-corrected chi connectivity index (χ0v) is 13.5. The van der Waals surface area contributed by atoms with Gasteiger partial charge >= 0.3 is 0 Å². The summed E-state index contributed by atoms with van der Waals surface area (Å²) in [5.74, 6) is 0.914. The predicted molar refractivity (Wildman–Crippen MR) is 87.9 cm³/mol. The Bertz CT molecular complexity index is 649. The Kier molecular flexibility index (Phi) is 3.95. The van der Waals surface area contributed by atoms with Crippen molar-refractivity contribution in [1.29, 1.82) is 0 Å². The standard InChI is InChI=1S/C16H21N3S/c1-16(2,3)15-17-13(10-14(20)18-15)11-6-8-12(9-7-11)19(4)5/h6-10H,1-5H3,(H,17,18,20). The molecule has 0 saturated carbocycles. The molecule has 106 valence electrons. The molecule has 4 heteroatoms. The van der Waals surface area contributed by atoms with Crippen molar-refractivity contribution in [2.24, 2.45) is 0 Å². The van der Waals surface area contributed by atoms with E-state index in [-0.39, 0.29) is 5.41 Å². The van der Waals surface area contributed by atoms with E-state index in [9.17, 15) is 0 Å². The number of hydrogen-bond acceptors (Lipinski definition) is 3. The molecule has 20 heavy (non-hydrogen) atoms. The quantitative estimate of drug-likeness (QED) is 0.841. The normalized spacial score (nSPS) is 11.4. The number of hydrogen-bond donors (Lipinski definition) is 1. The average molecular weight is 287 g/mol. The van der Waals surface area contributed by atoms with E-state index in [4.69, 9.17) is 12.2 Å². The molecule has 0 aliphatic rings. The van der Waals surface area contributed by atoms with Crippen LogP contribution < -0.4 is 4.90 Å². The van der Waals surface area contributed by atoms with Gasteiger partial charge in [0.1, 0.15) is 10.5 Å². The maximum Gasteiger partial charge on any atom is 0.130 e. The minimum absolute atomic E-state index is 0.0485. The fourth-order valence-electron chi connectivity index (χ4n) is 1.91. The summed E-state index contributed by atoms with van der Waals surface area (Å²) in [6, 6.07) is 10.3. The summed E-state index contributed by atoms with van der Waals surface area (Å²) in [5.41, 5.74) is 3.26. The summed E-state index contributed by atoms with van der Waals surface area (Å²) in [6.45, 7) is 6.37. The van der Waals surface area contributed by atoms with Gasteiger partial charge in [0.15, 0.2) is 0 Å². The fraction of sp³-hybridized carbons (Fsp3) is 0.375. The maximum absolute atomic E-state index is 5.28. The van der Waals surface area contributed by atoms with Crippen molar-refractivity contribution in [2.45, 2.75) is 26.2 Å². The molecule has 0 bridgehead atoms. The highest BCUT2D eigenvalue weighted by atomic mass is 32.1. The highest BCUT2D eigenvalue weighted by Gasteiger charge is 2.17. The Balaban J connectivity index is 2.47. The van der Waals surface area contributed by atoms with Crippen molar-refractivity contribution in [1.82, 2.24) is 9.97 Å². The van der Waals surface area contributed by atoms with Crippen LogP contribution >= 0.6 is 12.2 Å². The van der Waals surface area contributed by atoms with Gasteiger partial charge in [-0.05, 0) is 23.8 Å². The van der Waals surface area contributed by atoms with Gasteiger partial charge in [0.05, 0.1) is 0 Å². The Labute approximate surface area is 125 Å². The summed E-state index contributed by atoms with van der Waals surface area (Å²) in [5, 5.41) is 0. The van der Waals surface area contributed by atoms with Crippen LogP contribution in [0.2, 0.25) is 0 Å². The molecule has 2 aromatic rings. The Morgan fingerprint density at radius 2 is 1.70 bits per heavy atom. The van der Waals surface area contributed by atoms with Gasteiger partial charge in [0.25, 0.3) is 0 Å². The van der Waals surface area contributed by atoms with Gasteiger partial charge in [0.2, 0.25) is 0 Å². The van der Waals surface area contributed by atoms with Crippen LogP contribution in [0, 0.1) is 4.64 Å². The molecule has 3 nitrogen and oxygen atoms in total. The van der Waals surface area contributed by atoms with Crippen molar-refractivity contribution >= 4 is 17.9 Å². The third-order valence-electron chi connectivity index (χ3n) is 3.15. The second kappa shape index (κ2) is 5.37. The van der Waals surface area contributed by atoms with Crippen molar-refractivity contribution in [3.05, 3.63) is 40.8 Å². The number of H-pyrrole nitrogens is 1. The summed E-state index contributed by atoms with van der Waals surface area (Å²) in [6.07, 6.45) is 0. The van der Waals surface area contributed by atoms with E-state index in [1.807, 2.05) is 20.2 Å². The molecular weight excluding hydrogens is 266 g/mol. The van der Waals surface area contributed by atoms with E-state index in [2.05, 4.69) is 59.9 Å². The lowest BCUT2D eigenvalue weighted by Gasteiger charge is -2.18. The van der Waals surface area contributed by atoms with Crippen molar-refractivity contribution in [2.75, 3.05) is 19.0 Å². The minimum atomic E-state index is -0.0485. The number of rotatable bonds is 2. The highest BCUT2D eigenvalue weighted by molar-refractivity contribution is 7.71. The van der Waals surface area contributed by atoms with Crippen molar-refractivity contribution in [3.63, 3.8) is 0 Å². The van der Waals surface area contributed by atoms with E-state index in [1.54, 1.807) is 0 Å². The van der Waals surface area contributed by atoms with Crippen LogP contribution in [-0.4, -0.2) is 24.1 Å². The monoisotopic (exact) mass is 287 g/mol. The molecule has 1 aromatic carbocycles. The van der Waals surface area contributed by atoms with Gasteiger partial charge in [-0.3, -0.25) is 0 Å².